The van der Waals surface area contributed by atoms with E-state index in [0.29, 0.717) is 29.7 Å². The Labute approximate surface area is 206 Å². The number of aliphatic hydroxyl groups excluding tert-OH is 1. The van der Waals surface area contributed by atoms with E-state index in [1.165, 1.54) is 6.92 Å². The molecule has 1 saturated heterocycles. The first kappa shape index (κ1) is 25.9. The third-order valence-corrected chi connectivity index (χ3v) is 6.09. The van der Waals surface area contributed by atoms with Crippen LogP contribution in [-0.2, 0) is 30.2 Å². The van der Waals surface area contributed by atoms with Crippen LogP contribution < -0.4 is 0 Å². The number of esters is 1. The fourth-order valence-corrected chi connectivity index (χ4v) is 4.26. The molecule has 1 aromatic carbocycles. The summed E-state index contributed by atoms with van der Waals surface area (Å²) in [6, 6.07) is 10.2. The molecule has 0 bridgehead atoms. The van der Waals surface area contributed by atoms with Crippen LogP contribution in [0.4, 0.5) is 4.79 Å². The van der Waals surface area contributed by atoms with Crippen molar-refractivity contribution in [2.24, 2.45) is 5.92 Å². The lowest BCUT2D eigenvalue weighted by Gasteiger charge is -2.27. The number of aliphatic hydroxyl groups is 1. The van der Waals surface area contributed by atoms with E-state index in [0.717, 1.165) is 10.5 Å². The molecule has 1 fully saturated rings. The summed E-state index contributed by atoms with van der Waals surface area (Å²) in [6.07, 6.45) is -0.589. The lowest BCUT2D eigenvalue weighted by Crippen LogP contribution is -2.40. The number of furan rings is 1. The minimum Gasteiger partial charge on any atom is -0.461 e. The Hall–Kier alpha value is -2.69. The highest BCUT2D eigenvalue weighted by atomic mass is 79.9. The van der Waals surface area contributed by atoms with Crippen molar-refractivity contribution in [3.05, 3.63) is 58.0 Å². The first-order valence-corrected chi connectivity index (χ1v) is 11.8. The maximum atomic E-state index is 13.4. The SMILES string of the molecule is CC(=O)O[C@@H](c1cc(Br)c(CCCOCCO)o1)[C@@H](C)C(=O)N1C(=O)OC[C@H]1c1ccccc1. The van der Waals surface area contributed by atoms with E-state index in [-0.39, 0.29) is 25.6 Å². The van der Waals surface area contributed by atoms with Gasteiger partial charge in [-0.15, -0.1) is 0 Å². The minimum atomic E-state index is -1.04. The Morgan fingerprint density at radius 2 is 2.00 bits per heavy atom. The molecule has 3 atom stereocenters. The molecule has 0 radical (unpaired) electrons. The highest BCUT2D eigenvalue weighted by Crippen LogP contribution is 2.36. The number of amides is 2. The van der Waals surface area contributed by atoms with Crippen molar-refractivity contribution in [3.63, 3.8) is 0 Å². The highest BCUT2D eigenvalue weighted by molar-refractivity contribution is 9.10. The van der Waals surface area contributed by atoms with Gasteiger partial charge in [-0.1, -0.05) is 30.3 Å². The molecular weight excluding hydrogens is 510 g/mol. The highest BCUT2D eigenvalue weighted by Gasteiger charge is 2.44. The number of benzene rings is 1. The second kappa shape index (κ2) is 12.1. The molecule has 0 aliphatic carbocycles. The Kier molecular flexibility index (Phi) is 9.26. The monoisotopic (exact) mass is 537 g/mol. The van der Waals surface area contributed by atoms with E-state index in [4.69, 9.17) is 23.7 Å². The molecule has 1 aromatic heterocycles. The molecule has 184 valence electrons. The van der Waals surface area contributed by atoms with Crippen LogP contribution in [0.2, 0.25) is 0 Å². The maximum absolute atomic E-state index is 13.4. The van der Waals surface area contributed by atoms with Gasteiger partial charge in [0.25, 0.3) is 0 Å². The molecule has 0 unspecified atom stereocenters. The smallest absolute Gasteiger partial charge is 0.417 e. The van der Waals surface area contributed by atoms with Gasteiger partial charge in [0.1, 0.15) is 24.2 Å². The summed E-state index contributed by atoms with van der Waals surface area (Å²) < 4.78 is 22.5. The third-order valence-electron chi connectivity index (χ3n) is 5.42. The largest absolute Gasteiger partial charge is 0.461 e. The summed E-state index contributed by atoms with van der Waals surface area (Å²) in [7, 11) is 0. The van der Waals surface area contributed by atoms with Gasteiger partial charge in [0.05, 0.1) is 23.6 Å². The van der Waals surface area contributed by atoms with E-state index in [2.05, 4.69) is 15.9 Å². The van der Waals surface area contributed by atoms with E-state index in [1.807, 2.05) is 30.3 Å². The number of imide groups is 1. The molecule has 3 rings (SSSR count). The van der Waals surface area contributed by atoms with Crippen LogP contribution in [0.15, 0.2) is 45.3 Å². The van der Waals surface area contributed by atoms with Gasteiger partial charge in [-0.05, 0) is 40.9 Å². The molecule has 1 N–H and O–H groups in total. The van der Waals surface area contributed by atoms with Crippen LogP contribution >= 0.6 is 15.9 Å². The maximum Gasteiger partial charge on any atom is 0.417 e. The molecule has 1 aliphatic heterocycles. The second-order valence-corrected chi connectivity index (χ2v) is 8.74. The normalized spacial score (nSPS) is 17.4. The van der Waals surface area contributed by atoms with Crippen molar-refractivity contribution in [1.29, 1.82) is 0 Å². The number of nitrogens with zero attached hydrogens (tertiary/aromatic N) is 1. The Bertz CT molecular complexity index is 992. The molecule has 9 nitrogen and oxygen atoms in total. The third kappa shape index (κ3) is 6.25. The quantitative estimate of drug-likeness (QED) is 0.338. The summed E-state index contributed by atoms with van der Waals surface area (Å²) >= 11 is 3.45. The number of halogens is 1. The molecule has 0 saturated carbocycles. The molecule has 1 aliphatic rings. The van der Waals surface area contributed by atoms with Gasteiger partial charge in [-0.2, -0.15) is 0 Å². The van der Waals surface area contributed by atoms with Crippen molar-refractivity contribution < 1.29 is 38.1 Å². The van der Waals surface area contributed by atoms with E-state index in [9.17, 15) is 14.4 Å². The predicted octanol–water partition coefficient (Wildman–Crippen LogP) is 3.94. The fraction of sp³-hybridized carbons (Fsp3) is 0.458. The molecule has 2 heterocycles. The molecular formula is C24H28BrNO8. The molecule has 34 heavy (non-hydrogen) atoms. The van der Waals surface area contributed by atoms with Crippen molar-refractivity contribution in [2.45, 2.75) is 38.8 Å². The van der Waals surface area contributed by atoms with Gasteiger partial charge in [-0.25, -0.2) is 9.69 Å². The first-order valence-electron chi connectivity index (χ1n) is 11.0. The topological polar surface area (TPSA) is 116 Å². The number of ether oxygens (including phenoxy) is 3. The van der Waals surface area contributed by atoms with Crippen LogP contribution in [0.25, 0.3) is 0 Å². The second-order valence-electron chi connectivity index (χ2n) is 7.89. The number of carbonyl (C=O) groups is 3. The molecule has 0 spiro atoms. The van der Waals surface area contributed by atoms with Crippen molar-refractivity contribution >= 4 is 33.9 Å². The van der Waals surface area contributed by atoms with Crippen molar-refractivity contribution in [3.8, 4) is 0 Å². The molecule has 2 amide bonds. The summed E-state index contributed by atoms with van der Waals surface area (Å²) in [5.41, 5.74) is 0.768. The van der Waals surface area contributed by atoms with Crippen LogP contribution in [0.1, 0.15) is 49.5 Å². The van der Waals surface area contributed by atoms with Gasteiger partial charge >= 0.3 is 12.1 Å². The zero-order valence-corrected chi connectivity index (χ0v) is 20.7. The van der Waals surface area contributed by atoms with Gasteiger partial charge in [0, 0.05) is 20.0 Å². The average molecular weight is 538 g/mol. The number of carbonyl (C=O) groups excluding carboxylic acids is 3. The van der Waals surface area contributed by atoms with Crippen molar-refractivity contribution in [1.82, 2.24) is 4.90 Å². The Morgan fingerprint density at radius 1 is 1.26 bits per heavy atom. The first-order chi connectivity index (χ1) is 16.3. The van der Waals surface area contributed by atoms with E-state index >= 15 is 0 Å². The van der Waals surface area contributed by atoms with E-state index in [1.54, 1.807) is 13.0 Å². The average Bonchev–Trinajstić information content (AvgIpc) is 3.39. The van der Waals surface area contributed by atoms with Gasteiger partial charge < -0.3 is 23.7 Å². The lowest BCUT2D eigenvalue weighted by molar-refractivity contribution is -0.154. The van der Waals surface area contributed by atoms with Crippen molar-refractivity contribution in [2.75, 3.05) is 26.4 Å². The van der Waals surface area contributed by atoms with Crippen LogP contribution in [0.3, 0.4) is 0 Å². The summed E-state index contributed by atoms with van der Waals surface area (Å²) in [6.45, 7) is 3.56. The minimum absolute atomic E-state index is 0.0414. The zero-order chi connectivity index (χ0) is 24.7. The molecule has 2 aromatic rings. The van der Waals surface area contributed by atoms with Gasteiger partial charge in [0.15, 0.2) is 6.10 Å². The number of aryl methyl sites for hydroxylation is 1. The summed E-state index contributed by atoms with van der Waals surface area (Å²) in [4.78, 5) is 38.8. The zero-order valence-electron chi connectivity index (χ0n) is 19.1. The summed E-state index contributed by atoms with van der Waals surface area (Å²) in [5.74, 6) is -1.13. The van der Waals surface area contributed by atoms with Crippen LogP contribution in [0, 0.1) is 5.92 Å². The van der Waals surface area contributed by atoms with Gasteiger partial charge in [0.2, 0.25) is 5.91 Å². The van der Waals surface area contributed by atoms with Gasteiger partial charge in [-0.3, -0.25) is 9.59 Å². The standard InChI is InChI=1S/C24H28BrNO8/c1-15(23(29)26-19(14-32-24(26)30)17-7-4-3-5-8-17)22(33-16(2)28)21-13-18(25)20(34-21)9-6-11-31-12-10-27/h3-5,7-8,13,15,19,22,27H,6,9-12,14H2,1-2H3/t15-,19+,22-/m1/s1. The number of hydrogen-bond donors (Lipinski definition) is 1. The van der Waals surface area contributed by atoms with Crippen LogP contribution in [0.5, 0.6) is 0 Å². The van der Waals surface area contributed by atoms with E-state index < -0.39 is 36.0 Å². The number of rotatable bonds is 11. The Morgan fingerprint density at radius 3 is 2.68 bits per heavy atom. The Balaban J connectivity index is 1.79. The predicted molar refractivity (Wildman–Crippen MR) is 124 cm³/mol. The number of cyclic esters (lactones) is 1. The van der Waals surface area contributed by atoms with Crippen LogP contribution in [-0.4, -0.2) is 54.4 Å². The molecule has 10 heteroatoms. The fourth-order valence-electron chi connectivity index (χ4n) is 3.76. The summed E-state index contributed by atoms with van der Waals surface area (Å²) in [5, 5.41) is 8.78. The lowest BCUT2D eigenvalue weighted by atomic mass is 9.98. The number of hydrogen-bond acceptors (Lipinski definition) is 8.